The third kappa shape index (κ3) is 3.64. The number of amides is 1. The Morgan fingerprint density at radius 2 is 1.54 bits per heavy atom. The smallest absolute Gasteiger partial charge is 0.274 e. The van der Waals surface area contributed by atoms with Gasteiger partial charge in [0, 0.05) is 43.2 Å². The molecule has 6 heteroatoms. The number of anilines is 3. The first kappa shape index (κ1) is 16.8. The van der Waals surface area contributed by atoms with E-state index in [4.69, 9.17) is 0 Å². The standard InChI is InChI=1S/C20H25N5O/c1-15-14-18(23-20(21-15)25-12-4-5-13-25)19(26)22-16-6-8-17(9-7-16)24-10-2-3-11-24/h6-9,14H,2-5,10-13H2,1H3,(H,22,26). The molecule has 0 unspecified atom stereocenters. The molecule has 2 aliphatic rings. The SMILES string of the molecule is Cc1cc(C(=O)Nc2ccc(N3CCCC3)cc2)nc(N2CCCC2)n1. The minimum atomic E-state index is -0.190. The fraction of sp³-hybridized carbons (Fsp3) is 0.450. The molecule has 3 heterocycles. The van der Waals surface area contributed by atoms with Crippen molar-refractivity contribution in [2.75, 3.05) is 41.3 Å². The number of carbonyl (C=O) groups excluding carboxylic acids is 1. The first-order chi connectivity index (χ1) is 12.7. The summed E-state index contributed by atoms with van der Waals surface area (Å²) in [6, 6.07) is 9.80. The minimum absolute atomic E-state index is 0.190. The van der Waals surface area contributed by atoms with Crippen LogP contribution < -0.4 is 15.1 Å². The lowest BCUT2D eigenvalue weighted by Gasteiger charge is -2.18. The molecule has 2 aliphatic heterocycles. The molecule has 136 valence electrons. The molecule has 2 fully saturated rings. The zero-order chi connectivity index (χ0) is 17.9. The molecule has 0 radical (unpaired) electrons. The van der Waals surface area contributed by atoms with Gasteiger partial charge in [-0.15, -0.1) is 0 Å². The highest BCUT2D eigenvalue weighted by molar-refractivity contribution is 6.03. The number of aryl methyl sites for hydroxylation is 1. The number of rotatable bonds is 4. The number of hydrogen-bond donors (Lipinski definition) is 1. The van der Waals surface area contributed by atoms with Gasteiger partial charge in [-0.2, -0.15) is 0 Å². The molecule has 6 nitrogen and oxygen atoms in total. The lowest BCUT2D eigenvalue weighted by Crippen LogP contribution is -2.23. The van der Waals surface area contributed by atoms with E-state index in [1.54, 1.807) is 6.07 Å². The molecule has 1 aromatic carbocycles. The van der Waals surface area contributed by atoms with Crippen molar-refractivity contribution >= 4 is 23.2 Å². The molecule has 4 rings (SSSR count). The molecular weight excluding hydrogens is 326 g/mol. The van der Waals surface area contributed by atoms with Crippen molar-refractivity contribution in [2.24, 2.45) is 0 Å². The van der Waals surface area contributed by atoms with Crippen molar-refractivity contribution in [2.45, 2.75) is 32.6 Å². The van der Waals surface area contributed by atoms with Crippen LogP contribution in [0.3, 0.4) is 0 Å². The van der Waals surface area contributed by atoms with Gasteiger partial charge in [0.05, 0.1) is 0 Å². The molecule has 1 aromatic heterocycles. The maximum absolute atomic E-state index is 12.6. The predicted molar refractivity (Wildman–Crippen MR) is 104 cm³/mol. The van der Waals surface area contributed by atoms with Crippen LogP contribution in [0.15, 0.2) is 30.3 Å². The summed E-state index contributed by atoms with van der Waals surface area (Å²) < 4.78 is 0. The summed E-state index contributed by atoms with van der Waals surface area (Å²) in [5.74, 6) is 0.474. The molecule has 2 saturated heterocycles. The van der Waals surface area contributed by atoms with Crippen molar-refractivity contribution in [3.8, 4) is 0 Å². The van der Waals surface area contributed by atoms with E-state index in [9.17, 15) is 4.79 Å². The van der Waals surface area contributed by atoms with E-state index >= 15 is 0 Å². The van der Waals surface area contributed by atoms with Gasteiger partial charge < -0.3 is 15.1 Å². The Kier molecular flexibility index (Phi) is 4.73. The average Bonchev–Trinajstić information content (AvgIpc) is 3.36. The Labute approximate surface area is 154 Å². The number of nitrogens with zero attached hydrogens (tertiary/aromatic N) is 4. The minimum Gasteiger partial charge on any atom is -0.372 e. The fourth-order valence-corrected chi connectivity index (χ4v) is 3.65. The Balaban J connectivity index is 1.47. The van der Waals surface area contributed by atoms with Crippen molar-refractivity contribution < 1.29 is 4.79 Å². The summed E-state index contributed by atoms with van der Waals surface area (Å²) in [5.41, 5.74) is 3.24. The second-order valence-corrected chi connectivity index (χ2v) is 7.08. The molecule has 2 aromatic rings. The lowest BCUT2D eigenvalue weighted by molar-refractivity contribution is 0.102. The van der Waals surface area contributed by atoms with Gasteiger partial charge >= 0.3 is 0 Å². The lowest BCUT2D eigenvalue weighted by atomic mass is 10.2. The quantitative estimate of drug-likeness (QED) is 0.916. The second kappa shape index (κ2) is 7.32. The molecule has 0 bridgehead atoms. The number of carbonyl (C=O) groups is 1. The third-order valence-corrected chi connectivity index (χ3v) is 5.06. The van der Waals surface area contributed by atoms with Crippen LogP contribution in [-0.2, 0) is 0 Å². The van der Waals surface area contributed by atoms with E-state index < -0.39 is 0 Å². The van der Waals surface area contributed by atoms with E-state index in [0.717, 1.165) is 50.4 Å². The first-order valence-electron chi connectivity index (χ1n) is 9.46. The van der Waals surface area contributed by atoms with Crippen molar-refractivity contribution in [1.29, 1.82) is 0 Å². The molecule has 0 atom stereocenters. The Bertz CT molecular complexity index is 777. The third-order valence-electron chi connectivity index (χ3n) is 5.06. The summed E-state index contributed by atoms with van der Waals surface area (Å²) in [6.45, 7) is 6.06. The van der Waals surface area contributed by atoms with Gasteiger partial charge in [0.2, 0.25) is 5.95 Å². The van der Waals surface area contributed by atoms with E-state index in [-0.39, 0.29) is 5.91 Å². The zero-order valence-electron chi connectivity index (χ0n) is 15.2. The number of nitrogens with one attached hydrogen (secondary N) is 1. The zero-order valence-corrected chi connectivity index (χ0v) is 15.2. The number of aromatic nitrogens is 2. The molecule has 1 amide bonds. The molecule has 1 N–H and O–H groups in total. The van der Waals surface area contributed by atoms with Crippen LogP contribution in [0, 0.1) is 6.92 Å². The van der Waals surface area contributed by atoms with Crippen LogP contribution in [0.4, 0.5) is 17.3 Å². The Morgan fingerprint density at radius 3 is 2.19 bits per heavy atom. The van der Waals surface area contributed by atoms with Crippen LogP contribution in [0.25, 0.3) is 0 Å². The van der Waals surface area contributed by atoms with Crippen LogP contribution in [0.1, 0.15) is 41.9 Å². The van der Waals surface area contributed by atoms with Crippen LogP contribution >= 0.6 is 0 Å². The highest BCUT2D eigenvalue weighted by atomic mass is 16.1. The number of hydrogen-bond acceptors (Lipinski definition) is 5. The normalized spacial score (nSPS) is 17.0. The van der Waals surface area contributed by atoms with E-state index in [0.29, 0.717) is 11.6 Å². The van der Waals surface area contributed by atoms with Gasteiger partial charge in [0.25, 0.3) is 5.91 Å². The summed E-state index contributed by atoms with van der Waals surface area (Å²) in [7, 11) is 0. The first-order valence-corrected chi connectivity index (χ1v) is 9.46. The molecule has 0 spiro atoms. The molecule has 0 saturated carbocycles. The van der Waals surface area contributed by atoms with Crippen LogP contribution in [0.2, 0.25) is 0 Å². The monoisotopic (exact) mass is 351 g/mol. The van der Waals surface area contributed by atoms with E-state index in [1.807, 2.05) is 19.1 Å². The van der Waals surface area contributed by atoms with E-state index in [1.165, 1.54) is 18.5 Å². The predicted octanol–water partition coefficient (Wildman–Crippen LogP) is 3.24. The fourth-order valence-electron chi connectivity index (χ4n) is 3.65. The van der Waals surface area contributed by atoms with Crippen LogP contribution in [0.5, 0.6) is 0 Å². The van der Waals surface area contributed by atoms with Gasteiger partial charge in [-0.3, -0.25) is 4.79 Å². The Morgan fingerprint density at radius 1 is 0.923 bits per heavy atom. The largest absolute Gasteiger partial charge is 0.372 e. The summed E-state index contributed by atoms with van der Waals surface area (Å²) in [5, 5.41) is 2.95. The van der Waals surface area contributed by atoms with Gasteiger partial charge in [-0.1, -0.05) is 0 Å². The summed E-state index contributed by atoms with van der Waals surface area (Å²) >= 11 is 0. The van der Waals surface area contributed by atoms with Crippen molar-refractivity contribution in [1.82, 2.24) is 9.97 Å². The van der Waals surface area contributed by atoms with Crippen LogP contribution in [-0.4, -0.2) is 42.1 Å². The maximum atomic E-state index is 12.6. The topological polar surface area (TPSA) is 61.4 Å². The molecule has 26 heavy (non-hydrogen) atoms. The highest BCUT2D eigenvalue weighted by Crippen LogP contribution is 2.22. The molecular formula is C20H25N5O. The number of benzene rings is 1. The van der Waals surface area contributed by atoms with Crippen molar-refractivity contribution in [3.63, 3.8) is 0 Å². The van der Waals surface area contributed by atoms with E-state index in [2.05, 4.69) is 37.2 Å². The summed E-state index contributed by atoms with van der Waals surface area (Å²) in [4.78, 5) is 26.1. The highest BCUT2D eigenvalue weighted by Gasteiger charge is 2.18. The average molecular weight is 351 g/mol. The maximum Gasteiger partial charge on any atom is 0.274 e. The van der Waals surface area contributed by atoms with Gasteiger partial charge in [-0.25, -0.2) is 9.97 Å². The van der Waals surface area contributed by atoms with Gasteiger partial charge in [0.1, 0.15) is 5.69 Å². The van der Waals surface area contributed by atoms with Crippen molar-refractivity contribution in [3.05, 3.63) is 41.7 Å². The molecule has 0 aliphatic carbocycles. The Hall–Kier alpha value is -2.63. The van der Waals surface area contributed by atoms with Gasteiger partial charge in [-0.05, 0) is 62.9 Å². The summed E-state index contributed by atoms with van der Waals surface area (Å²) in [6.07, 6.45) is 4.82. The van der Waals surface area contributed by atoms with Gasteiger partial charge in [0.15, 0.2) is 0 Å². The second-order valence-electron chi connectivity index (χ2n) is 7.08.